The normalized spacial score (nSPS) is 10.9. The van der Waals surface area contributed by atoms with Gasteiger partial charge >= 0.3 is 0 Å². The number of hydrogen-bond donors (Lipinski definition) is 0. The zero-order chi connectivity index (χ0) is 18.5. The first-order valence-electron chi connectivity index (χ1n) is 7.96. The Kier molecular flexibility index (Phi) is 5.17. The van der Waals surface area contributed by atoms with Crippen LogP contribution in [0.3, 0.4) is 0 Å². The molecule has 1 heterocycles. The predicted molar refractivity (Wildman–Crippen MR) is 102 cm³/mol. The standard InChI is InChI=1S/C19H20N4O3/c1-23(17-12-20-14-7-5-6-8-15(14)22-17)21-11-13-9-10-16(24-2)19(26-4)18(13)25-3/h5-12H,1-4H3/b21-11+. The fourth-order valence-corrected chi connectivity index (χ4v) is 2.54. The summed E-state index contributed by atoms with van der Waals surface area (Å²) in [4.78, 5) is 8.97. The molecule has 0 saturated heterocycles. The first-order chi connectivity index (χ1) is 12.7. The van der Waals surface area contributed by atoms with Crippen LogP contribution in [0.5, 0.6) is 17.2 Å². The van der Waals surface area contributed by atoms with Crippen LogP contribution in [0.2, 0.25) is 0 Å². The number of nitrogens with zero attached hydrogens (tertiary/aromatic N) is 4. The molecule has 0 aliphatic carbocycles. The van der Waals surface area contributed by atoms with Crippen molar-refractivity contribution in [2.24, 2.45) is 5.10 Å². The summed E-state index contributed by atoms with van der Waals surface area (Å²) in [6.45, 7) is 0. The molecule has 0 saturated carbocycles. The number of rotatable bonds is 6. The fraction of sp³-hybridized carbons (Fsp3) is 0.211. The van der Waals surface area contributed by atoms with Crippen LogP contribution in [0.4, 0.5) is 5.82 Å². The van der Waals surface area contributed by atoms with E-state index in [0.717, 1.165) is 16.6 Å². The van der Waals surface area contributed by atoms with Gasteiger partial charge in [0.2, 0.25) is 5.75 Å². The number of hydrogen-bond acceptors (Lipinski definition) is 7. The van der Waals surface area contributed by atoms with Crippen molar-refractivity contribution in [3.63, 3.8) is 0 Å². The summed E-state index contributed by atoms with van der Waals surface area (Å²) >= 11 is 0. The molecule has 0 N–H and O–H groups in total. The number of benzene rings is 2. The molecule has 0 spiro atoms. The average Bonchev–Trinajstić information content (AvgIpc) is 2.70. The van der Waals surface area contributed by atoms with E-state index in [1.165, 1.54) is 0 Å². The Balaban J connectivity index is 1.90. The van der Waals surface area contributed by atoms with Crippen molar-refractivity contribution in [1.29, 1.82) is 0 Å². The molecule has 0 fully saturated rings. The van der Waals surface area contributed by atoms with Gasteiger partial charge in [0, 0.05) is 12.6 Å². The van der Waals surface area contributed by atoms with Crippen LogP contribution in [-0.2, 0) is 0 Å². The molecular formula is C19H20N4O3. The van der Waals surface area contributed by atoms with Crippen molar-refractivity contribution < 1.29 is 14.2 Å². The van der Waals surface area contributed by atoms with Gasteiger partial charge in [-0.2, -0.15) is 5.10 Å². The number of anilines is 1. The van der Waals surface area contributed by atoms with Crippen molar-refractivity contribution in [1.82, 2.24) is 9.97 Å². The van der Waals surface area contributed by atoms with Crippen LogP contribution >= 0.6 is 0 Å². The fourth-order valence-electron chi connectivity index (χ4n) is 2.54. The highest BCUT2D eigenvalue weighted by Crippen LogP contribution is 2.39. The van der Waals surface area contributed by atoms with E-state index in [4.69, 9.17) is 14.2 Å². The Labute approximate surface area is 151 Å². The van der Waals surface area contributed by atoms with E-state index in [9.17, 15) is 0 Å². The average molecular weight is 352 g/mol. The highest BCUT2D eigenvalue weighted by Gasteiger charge is 2.15. The molecule has 0 bridgehead atoms. The van der Waals surface area contributed by atoms with E-state index in [1.807, 2.05) is 37.4 Å². The van der Waals surface area contributed by atoms with E-state index < -0.39 is 0 Å². The molecule has 0 unspecified atom stereocenters. The van der Waals surface area contributed by atoms with Crippen molar-refractivity contribution >= 4 is 23.1 Å². The maximum atomic E-state index is 5.46. The first kappa shape index (κ1) is 17.5. The largest absolute Gasteiger partial charge is 0.493 e. The molecule has 0 aliphatic heterocycles. The lowest BCUT2D eigenvalue weighted by Crippen LogP contribution is -2.11. The number of fused-ring (bicyclic) bond motifs is 1. The molecule has 1 aromatic heterocycles. The number of hydrazone groups is 1. The second-order valence-corrected chi connectivity index (χ2v) is 5.41. The molecule has 0 aliphatic rings. The maximum absolute atomic E-state index is 5.46. The Hall–Kier alpha value is -3.35. The molecule has 26 heavy (non-hydrogen) atoms. The molecule has 0 amide bonds. The Morgan fingerprint density at radius 2 is 1.65 bits per heavy atom. The van der Waals surface area contributed by atoms with Gasteiger partial charge in [-0.05, 0) is 24.3 Å². The van der Waals surface area contributed by atoms with Crippen molar-refractivity contribution in [2.45, 2.75) is 0 Å². The van der Waals surface area contributed by atoms with Crippen molar-refractivity contribution in [3.05, 3.63) is 48.2 Å². The SMILES string of the molecule is COc1ccc(/C=N/N(C)c2cnc3ccccc3n2)c(OC)c1OC. The van der Waals surface area contributed by atoms with E-state index in [1.54, 1.807) is 44.8 Å². The summed E-state index contributed by atoms with van der Waals surface area (Å²) in [5.41, 5.74) is 2.41. The third-order valence-corrected chi connectivity index (χ3v) is 3.87. The summed E-state index contributed by atoms with van der Waals surface area (Å²) in [6, 6.07) is 11.4. The minimum Gasteiger partial charge on any atom is -0.493 e. The molecule has 134 valence electrons. The summed E-state index contributed by atoms with van der Waals surface area (Å²) in [5, 5.41) is 6.09. The first-order valence-corrected chi connectivity index (χ1v) is 7.96. The molecular weight excluding hydrogens is 332 g/mol. The molecule has 0 atom stereocenters. The highest BCUT2D eigenvalue weighted by atomic mass is 16.5. The summed E-state index contributed by atoms with van der Waals surface area (Å²) in [5.74, 6) is 2.30. The molecule has 2 aromatic carbocycles. The molecule has 7 heteroatoms. The van der Waals surface area contributed by atoms with Crippen LogP contribution < -0.4 is 19.2 Å². The lowest BCUT2D eigenvalue weighted by Gasteiger charge is -2.15. The van der Waals surface area contributed by atoms with E-state index >= 15 is 0 Å². The van der Waals surface area contributed by atoms with Gasteiger partial charge in [-0.25, -0.2) is 9.99 Å². The van der Waals surface area contributed by atoms with Crippen LogP contribution in [-0.4, -0.2) is 44.6 Å². The lowest BCUT2D eigenvalue weighted by molar-refractivity contribution is 0.324. The summed E-state index contributed by atoms with van der Waals surface area (Å²) in [7, 11) is 6.53. The van der Waals surface area contributed by atoms with E-state index in [0.29, 0.717) is 23.1 Å². The molecule has 0 radical (unpaired) electrons. The topological polar surface area (TPSA) is 69.1 Å². The van der Waals surface area contributed by atoms with Crippen molar-refractivity contribution in [3.8, 4) is 17.2 Å². The Morgan fingerprint density at radius 1 is 0.923 bits per heavy atom. The van der Waals surface area contributed by atoms with Crippen LogP contribution in [0, 0.1) is 0 Å². The smallest absolute Gasteiger partial charge is 0.203 e. The molecule has 7 nitrogen and oxygen atoms in total. The third kappa shape index (κ3) is 3.37. The van der Waals surface area contributed by atoms with Crippen LogP contribution in [0.15, 0.2) is 47.7 Å². The zero-order valence-corrected chi connectivity index (χ0v) is 15.1. The maximum Gasteiger partial charge on any atom is 0.203 e. The highest BCUT2D eigenvalue weighted by molar-refractivity contribution is 5.86. The minimum absolute atomic E-state index is 0.520. The number of para-hydroxylation sites is 2. The van der Waals surface area contributed by atoms with Crippen LogP contribution in [0.25, 0.3) is 11.0 Å². The van der Waals surface area contributed by atoms with Gasteiger partial charge in [-0.1, -0.05) is 12.1 Å². The second-order valence-electron chi connectivity index (χ2n) is 5.41. The second kappa shape index (κ2) is 7.69. The van der Waals surface area contributed by atoms with Crippen molar-refractivity contribution in [2.75, 3.05) is 33.4 Å². The van der Waals surface area contributed by atoms with Gasteiger partial charge in [0.1, 0.15) is 0 Å². The Bertz CT molecular complexity index is 943. The van der Waals surface area contributed by atoms with Gasteiger partial charge < -0.3 is 14.2 Å². The van der Waals surface area contributed by atoms with Crippen LogP contribution in [0.1, 0.15) is 5.56 Å². The third-order valence-electron chi connectivity index (χ3n) is 3.87. The predicted octanol–water partition coefficient (Wildman–Crippen LogP) is 3.13. The summed E-state index contributed by atoms with van der Waals surface area (Å²) in [6.07, 6.45) is 3.36. The Morgan fingerprint density at radius 3 is 2.35 bits per heavy atom. The zero-order valence-electron chi connectivity index (χ0n) is 15.1. The monoisotopic (exact) mass is 352 g/mol. The number of methoxy groups -OCH3 is 3. The van der Waals surface area contributed by atoms with Gasteiger partial charge in [0.15, 0.2) is 17.3 Å². The molecule has 3 aromatic rings. The minimum atomic E-state index is 0.520. The lowest BCUT2D eigenvalue weighted by atomic mass is 10.2. The summed E-state index contributed by atoms with van der Waals surface area (Å²) < 4.78 is 16.1. The van der Waals surface area contributed by atoms with Gasteiger partial charge in [0.05, 0.1) is 44.8 Å². The number of aromatic nitrogens is 2. The molecule has 3 rings (SSSR count). The number of ether oxygens (including phenoxy) is 3. The van der Waals surface area contributed by atoms with E-state index in [-0.39, 0.29) is 0 Å². The van der Waals surface area contributed by atoms with Gasteiger partial charge in [-0.15, -0.1) is 0 Å². The van der Waals surface area contributed by atoms with E-state index in [2.05, 4.69) is 15.1 Å². The van der Waals surface area contributed by atoms with Gasteiger partial charge in [-0.3, -0.25) is 4.98 Å². The quantitative estimate of drug-likeness (QED) is 0.501. The van der Waals surface area contributed by atoms with Gasteiger partial charge in [0.25, 0.3) is 0 Å².